The molecule has 11 nitrogen and oxygen atoms in total. The van der Waals surface area contributed by atoms with Gasteiger partial charge in [0.15, 0.2) is 0 Å². The fourth-order valence-electron chi connectivity index (χ4n) is 3.74. The van der Waals surface area contributed by atoms with E-state index < -0.39 is 28.1 Å². The van der Waals surface area contributed by atoms with Crippen molar-refractivity contribution in [1.29, 1.82) is 0 Å². The van der Waals surface area contributed by atoms with Crippen LogP contribution in [0.2, 0.25) is 0 Å². The van der Waals surface area contributed by atoms with E-state index in [1.807, 2.05) is 0 Å². The summed E-state index contributed by atoms with van der Waals surface area (Å²) in [5.41, 5.74) is 0. The van der Waals surface area contributed by atoms with Gasteiger partial charge in [0.2, 0.25) is 15.9 Å². The first kappa shape index (κ1) is 24.9. The molecule has 0 aromatic heterocycles. The SMILES string of the molecule is COc1ccc(S(=O)(=O)N2CCCO[C@@H]2CNC(=O)C(=O)NCCCN2CCCC2=O)cc1. The van der Waals surface area contributed by atoms with Gasteiger partial charge in [-0.15, -0.1) is 0 Å². The third kappa shape index (κ3) is 6.42. The van der Waals surface area contributed by atoms with Crippen LogP contribution in [-0.4, -0.2) is 88.0 Å². The maximum Gasteiger partial charge on any atom is 0.309 e. The minimum absolute atomic E-state index is 0.0827. The van der Waals surface area contributed by atoms with Gasteiger partial charge in [0, 0.05) is 32.6 Å². The minimum Gasteiger partial charge on any atom is -0.497 e. The Bertz CT molecular complexity index is 952. The highest BCUT2D eigenvalue weighted by Crippen LogP contribution is 2.23. The van der Waals surface area contributed by atoms with Gasteiger partial charge in [0.1, 0.15) is 12.0 Å². The first-order valence-electron chi connectivity index (χ1n) is 10.9. The maximum atomic E-state index is 13.1. The highest BCUT2D eigenvalue weighted by atomic mass is 32.2. The summed E-state index contributed by atoms with van der Waals surface area (Å²) in [5, 5.41) is 4.96. The molecular weight excluding hydrogens is 452 g/mol. The molecule has 1 atom stereocenters. The first-order chi connectivity index (χ1) is 15.8. The molecule has 2 aliphatic heterocycles. The van der Waals surface area contributed by atoms with Gasteiger partial charge in [-0.05, 0) is 43.5 Å². The van der Waals surface area contributed by atoms with E-state index in [0.717, 1.165) is 13.0 Å². The molecule has 2 aliphatic rings. The lowest BCUT2D eigenvalue weighted by Gasteiger charge is -2.34. The zero-order valence-electron chi connectivity index (χ0n) is 18.6. The van der Waals surface area contributed by atoms with Crippen LogP contribution in [0.25, 0.3) is 0 Å². The normalized spacial score (nSPS) is 19.4. The Morgan fingerprint density at radius 2 is 1.85 bits per heavy atom. The quantitative estimate of drug-likeness (QED) is 0.364. The number of hydrogen-bond acceptors (Lipinski definition) is 7. The Balaban J connectivity index is 1.49. The molecule has 2 N–H and O–H groups in total. The van der Waals surface area contributed by atoms with E-state index in [1.54, 1.807) is 17.0 Å². The first-order valence-corrected chi connectivity index (χ1v) is 12.4. The summed E-state index contributed by atoms with van der Waals surface area (Å²) < 4.78 is 38.0. The van der Waals surface area contributed by atoms with Crippen molar-refractivity contribution >= 4 is 27.7 Å². The number of rotatable bonds is 9. The maximum absolute atomic E-state index is 13.1. The highest BCUT2D eigenvalue weighted by Gasteiger charge is 2.35. The fraction of sp³-hybridized carbons (Fsp3) is 0.571. The molecule has 1 aromatic carbocycles. The van der Waals surface area contributed by atoms with Gasteiger partial charge in [-0.1, -0.05) is 0 Å². The van der Waals surface area contributed by atoms with Crippen LogP contribution in [0.3, 0.4) is 0 Å². The molecule has 1 aromatic rings. The van der Waals surface area contributed by atoms with Crippen LogP contribution < -0.4 is 15.4 Å². The van der Waals surface area contributed by atoms with Crippen LogP contribution in [-0.2, 0) is 29.1 Å². The van der Waals surface area contributed by atoms with Crippen molar-refractivity contribution in [1.82, 2.24) is 19.8 Å². The van der Waals surface area contributed by atoms with Crippen molar-refractivity contribution in [3.05, 3.63) is 24.3 Å². The highest BCUT2D eigenvalue weighted by molar-refractivity contribution is 7.89. The standard InChI is InChI=1S/C21H30N4O7S/c1-31-16-6-8-17(9-7-16)33(29,30)25-13-4-14-32-19(25)15-23-21(28)20(27)22-10-3-12-24-11-2-5-18(24)26/h6-9,19H,2-5,10-15H2,1H3,(H,22,27)(H,23,28)/t19-/m1/s1. The number of hydrogen-bond donors (Lipinski definition) is 2. The molecule has 0 saturated carbocycles. The molecule has 0 radical (unpaired) electrons. The average molecular weight is 483 g/mol. The lowest BCUT2D eigenvalue weighted by Crippen LogP contribution is -2.53. The molecule has 2 heterocycles. The lowest BCUT2D eigenvalue weighted by molar-refractivity contribution is -0.140. The van der Waals surface area contributed by atoms with Crippen LogP contribution in [0.4, 0.5) is 0 Å². The number of amides is 3. The predicted octanol–water partition coefficient (Wildman–Crippen LogP) is -0.323. The van der Waals surface area contributed by atoms with Gasteiger partial charge in [-0.3, -0.25) is 14.4 Å². The molecule has 0 aliphatic carbocycles. The molecule has 0 bridgehead atoms. The Hall–Kier alpha value is -2.70. The van der Waals surface area contributed by atoms with E-state index in [-0.39, 0.29) is 30.4 Å². The molecule has 0 unspecified atom stereocenters. The smallest absolute Gasteiger partial charge is 0.309 e. The number of ether oxygens (including phenoxy) is 2. The van der Waals surface area contributed by atoms with E-state index in [2.05, 4.69) is 10.6 Å². The Morgan fingerprint density at radius 3 is 2.52 bits per heavy atom. The third-order valence-corrected chi connectivity index (χ3v) is 7.43. The van der Waals surface area contributed by atoms with E-state index in [1.165, 1.54) is 23.5 Å². The molecule has 182 valence electrons. The monoisotopic (exact) mass is 482 g/mol. The molecule has 3 amide bonds. The van der Waals surface area contributed by atoms with E-state index in [4.69, 9.17) is 9.47 Å². The zero-order valence-corrected chi connectivity index (χ0v) is 19.4. The summed E-state index contributed by atoms with van der Waals surface area (Å²) in [6.45, 7) is 1.93. The summed E-state index contributed by atoms with van der Waals surface area (Å²) in [6.07, 6.45) is 1.54. The molecule has 2 saturated heterocycles. The second-order valence-electron chi connectivity index (χ2n) is 7.77. The van der Waals surface area contributed by atoms with Gasteiger partial charge in [0.25, 0.3) is 0 Å². The number of sulfonamides is 1. The van der Waals surface area contributed by atoms with E-state index >= 15 is 0 Å². The van der Waals surface area contributed by atoms with Gasteiger partial charge >= 0.3 is 11.8 Å². The van der Waals surface area contributed by atoms with Crippen LogP contribution >= 0.6 is 0 Å². The average Bonchev–Trinajstić information content (AvgIpc) is 3.24. The summed E-state index contributed by atoms with van der Waals surface area (Å²) in [6, 6.07) is 6.00. The number of nitrogens with zero attached hydrogens (tertiary/aromatic N) is 2. The Morgan fingerprint density at radius 1 is 1.12 bits per heavy atom. The predicted molar refractivity (Wildman–Crippen MR) is 118 cm³/mol. The second-order valence-corrected chi connectivity index (χ2v) is 9.66. The van der Waals surface area contributed by atoms with Crippen molar-refractivity contribution < 1.29 is 32.3 Å². The van der Waals surface area contributed by atoms with Crippen molar-refractivity contribution in [2.24, 2.45) is 0 Å². The van der Waals surface area contributed by atoms with Crippen LogP contribution in [0, 0.1) is 0 Å². The Kier molecular flexibility index (Phi) is 8.64. The van der Waals surface area contributed by atoms with Crippen LogP contribution in [0.1, 0.15) is 25.7 Å². The zero-order chi connectivity index (χ0) is 23.8. The molecular formula is C21H30N4O7S. The molecule has 2 fully saturated rings. The molecule has 12 heteroatoms. The van der Waals surface area contributed by atoms with Crippen LogP contribution in [0.5, 0.6) is 5.75 Å². The number of methoxy groups -OCH3 is 1. The van der Waals surface area contributed by atoms with Crippen molar-refractivity contribution in [3.8, 4) is 5.75 Å². The third-order valence-electron chi connectivity index (χ3n) is 5.53. The lowest BCUT2D eigenvalue weighted by atomic mass is 10.3. The molecule has 0 spiro atoms. The number of likely N-dealkylation sites (tertiary alicyclic amines) is 1. The number of benzene rings is 1. The summed E-state index contributed by atoms with van der Waals surface area (Å²) in [4.78, 5) is 37.6. The van der Waals surface area contributed by atoms with E-state index in [9.17, 15) is 22.8 Å². The fourth-order valence-corrected chi connectivity index (χ4v) is 5.30. The number of nitrogens with one attached hydrogen (secondary N) is 2. The molecule has 3 rings (SSSR count). The number of carbonyl (C=O) groups excluding carboxylic acids is 3. The van der Waals surface area contributed by atoms with Crippen molar-refractivity contribution in [2.45, 2.75) is 36.8 Å². The van der Waals surface area contributed by atoms with Crippen molar-refractivity contribution in [3.63, 3.8) is 0 Å². The van der Waals surface area contributed by atoms with Gasteiger partial charge < -0.3 is 25.0 Å². The van der Waals surface area contributed by atoms with E-state index in [0.29, 0.717) is 38.2 Å². The topological polar surface area (TPSA) is 134 Å². The summed E-state index contributed by atoms with van der Waals surface area (Å²) >= 11 is 0. The second kappa shape index (κ2) is 11.4. The van der Waals surface area contributed by atoms with Gasteiger partial charge in [-0.2, -0.15) is 4.31 Å². The number of carbonyl (C=O) groups is 3. The largest absolute Gasteiger partial charge is 0.497 e. The summed E-state index contributed by atoms with van der Waals surface area (Å²) in [5.74, 6) is -1.04. The van der Waals surface area contributed by atoms with Crippen molar-refractivity contribution in [2.75, 3.05) is 46.4 Å². The minimum atomic E-state index is -3.87. The summed E-state index contributed by atoms with van der Waals surface area (Å²) in [7, 11) is -2.37. The molecule has 33 heavy (non-hydrogen) atoms. The van der Waals surface area contributed by atoms with Gasteiger partial charge in [-0.25, -0.2) is 8.42 Å². The Labute approximate surface area is 193 Å². The van der Waals surface area contributed by atoms with Gasteiger partial charge in [0.05, 0.1) is 25.2 Å². The van der Waals surface area contributed by atoms with Crippen LogP contribution in [0.15, 0.2) is 29.2 Å².